The lowest BCUT2D eigenvalue weighted by atomic mass is 9.96. The third-order valence-electron chi connectivity index (χ3n) is 6.56. The van der Waals surface area contributed by atoms with Gasteiger partial charge in [-0.3, -0.25) is 9.59 Å². The van der Waals surface area contributed by atoms with Crippen LogP contribution < -0.4 is 5.32 Å². The molecule has 2 saturated heterocycles. The van der Waals surface area contributed by atoms with E-state index in [2.05, 4.69) is 5.32 Å². The summed E-state index contributed by atoms with van der Waals surface area (Å²) in [6, 6.07) is 12.9. The molecule has 0 saturated carbocycles. The first-order valence-corrected chi connectivity index (χ1v) is 11.8. The second-order valence-electron chi connectivity index (χ2n) is 9.62. The zero-order valence-electron chi connectivity index (χ0n) is 20.6. The summed E-state index contributed by atoms with van der Waals surface area (Å²) in [7, 11) is 1.69. The van der Waals surface area contributed by atoms with Crippen LogP contribution in [-0.2, 0) is 22.7 Å². The van der Waals surface area contributed by atoms with Crippen molar-refractivity contribution in [2.75, 3.05) is 20.1 Å². The molecule has 4 rings (SSSR count). The third kappa shape index (κ3) is 5.14. The van der Waals surface area contributed by atoms with E-state index >= 15 is 0 Å². The summed E-state index contributed by atoms with van der Waals surface area (Å²) < 4.78 is 13.2. The number of hydrogen-bond donors (Lipinski definition) is 1. The molecule has 1 N–H and O–H groups in total. The molecule has 186 valence electrons. The Morgan fingerprint density at radius 3 is 2.31 bits per heavy atom. The molecule has 2 aromatic rings. The summed E-state index contributed by atoms with van der Waals surface area (Å²) in [4.78, 5) is 43.3. The second-order valence-corrected chi connectivity index (χ2v) is 9.62. The number of amides is 4. The maximum atomic E-state index is 13.5. The van der Waals surface area contributed by atoms with E-state index in [-0.39, 0.29) is 49.2 Å². The minimum Gasteiger partial charge on any atom is -0.333 e. The van der Waals surface area contributed by atoms with Crippen molar-refractivity contribution in [3.63, 3.8) is 0 Å². The highest BCUT2D eigenvalue weighted by atomic mass is 19.1. The number of likely N-dealkylation sites (N-methyl/N-ethyl adjacent to an activating group) is 1. The van der Waals surface area contributed by atoms with E-state index in [0.717, 1.165) is 16.7 Å². The number of rotatable bonds is 5. The van der Waals surface area contributed by atoms with Gasteiger partial charge >= 0.3 is 6.03 Å². The van der Waals surface area contributed by atoms with Crippen molar-refractivity contribution >= 4 is 17.8 Å². The molecule has 8 nitrogen and oxygen atoms in total. The maximum Gasteiger partial charge on any atom is 0.334 e. The molecule has 0 aromatic heterocycles. The van der Waals surface area contributed by atoms with E-state index in [0.29, 0.717) is 6.54 Å². The number of piperazine rings is 1. The van der Waals surface area contributed by atoms with Gasteiger partial charge < -0.3 is 15.1 Å². The van der Waals surface area contributed by atoms with Gasteiger partial charge in [0.2, 0.25) is 11.8 Å². The summed E-state index contributed by atoms with van der Waals surface area (Å²) >= 11 is 0. The lowest BCUT2D eigenvalue weighted by molar-refractivity contribution is -0.190. The second kappa shape index (κ2) is 10.0. The molecule has 0 bridgehead atoms. The van der Waals surface area contributed by atoms with E-state index in [1.165, 1.54) is 17.1 Å². The SMILES string of the molecule is Cc1ccc(CN2C[C@H]3N(C(=O)CN(C)N3C(=O)NCc3ccc(F)cc3)[C@@H](C(C)C)C2=O)cc1. The maximum absolute atomic E-state index is 13.5. The fourth-order valence-corrected chi connectivity index (χ4v) is 4.78. The molecular weight excluding hydrogens is 449 g/mol. The van der Waals surface area contributed by atoms with E-state index < -0.39 is 12.2 Å². The molecule has 2 aliphatic rings. The predicted molar refractivity (Wildman–Crippen MR) is 129 cm³/mol. The Bertz CT molecular complexity index is 1090. The van der Waals surface area contributed by atoms with Gasteiger partial charge in [0.15, 0.2) is 0 Å². The van der Waals surface area contributed by atoms with Gasteiger partial charge in [-0.2, -0.15) is 0 Å². The van der Waals surface area contributed by atoms with Gasteiger partial charge in [-0.15, -0.1) is 0 Å². The number of halogens is 1. The van der Waals surface area contributed by atoms with Gasteiger partial charge in [0.1, 0.15) is 18.0 Å². The third-order valence-corrected chi connectivity index (χ3v) is 6.56. The number of nitrogens with zero attached hydrogens (tertiary/aromatic N) is 4. The topological polar surface area (TPSA) is 76.2 Å². The lowest BCUT2D eigenvalue weighted by Gasteiger charge is -2.55. The number of urea groups is 1. The lowest BCUT2D eigenvalue weighted by Crippen LogP contribution is -2.76. The van der Waals surface area contributed by atoms with Gasteiger partial charge in [0.05, 0.1) is 13.1 Å². The molecule has 4 amide bonds. The van der Waals surface area contributed by atoms with Crippen molar-refractivity contribution in [2.24, 2.45) is 5.92 Å². The van der Waals surface area contributed by atoms with Gasteiger partial charge in [0, 0.05) is 20.1 Å². The summed E-state index contributed by atoms with van der Waals surface area (Å²) in [5, 5.41) is 5.99. The largest absolute Gasteiger partial charge is 0.334 e. The minimum atomic E-state index is -0.659. The highest BCUT2D eigenvalue weighted by Gasteiger charge is 2.51. The fourth-order valence-electron chi connectivity index (χ4n) is 4.78. The zero-order valence-corrected chi connectivity index (χ0v) is 20.6. The smallest absolute Gasteiger partial charge is 0.333 e. The quantitative estimate of drug-likeness (QED) is 0.713. The van der Waals surface area contributed by atoms with Crippen LogP contribution in [0.2, 0.25) is 0 Å². The van der Waals surface area contributed by atoms with Crippen LogP contribution in [0.25, 0.3) is 0 Å². The predicted octanol–water partition coefficient (Wildman–Crippen LogP) is 2.73. The Morgan fingerprint density at radius 2 is 1.69 bits per heavy atom. The Morgan fingerprint density at radius 1 is 1.06 bits per heavy atom. The average molecular weight is 482 g/mol. The van der Waals surface area contributed by atoms with E-state index in [9.17, 15) is 18.8 Å². The molecule has 0 aliphatic carbocycles. The van der Waals surface area contributed by atoms with Crippen molar-refractivity contribution in [1.82, 2.24) is 25.1 Å². The summed E-state index contributed by atoms with van der Waals surface area (Å²) in [6.07, 6.45) is -0.634. The highest BCUT2D eigenvalue weighted by molar-refractivity contribution is 5.91. The normalized spacial score (nSPS) is 20.9. The van der Waals surface area contributed by atoms with Gasteiger partial charge in [-0.25, -0.2) is 19.2 Å². The Hall–Kier alpha value is -3.46. The first-order valence-electron chi connectivity index (χ1n) is 11.8. The van der Waals surface area contributed by atoms with Crippen LogP contribution in [0.1, 0.15) is 30.5 Å². The van der Waals surface area contributed by atoms with Crippen LogP contribution >= 0.6 is 0 Å². The standard InChI is InChI=1S/C26H32FN5O3/c1-17(2)24-25(34)30(14-20-7-5-18(3)6-8-20)15-22-31(24)23(33)16-29(4)32(22)26(35)28-13-19-9-11-21(27)12-10-19/h5-12,17,22,24H,13-16H2,1-4H3,(H,28,35)/t22-,24-/m0/s1. The van der Waals surface area contributed by atoms with E-state index in [4.69, 9.17) is 0 Å². The molecular formula is C26H32FN5O3. The average Bonchev–Trinajstić information content (AvgIpc) is 2.81. The molecule has 2 fully saturated rings. The van der Waals surface area contributed by atoms with E-state index in [1.54, 1.807) is 34.0 Å². The molecule has 2 heterocycles. The summed E-state index contributed by atoms with van der Waals surface area (Å²) in [5.41, 5.74) is 2.88. The number of carbonyl (C=O) groups excluding carboxylic acids is 3. The summed E-state index contributed by atoms with van der Waals surface area (Å²) in [6.45, 7) is 6.65. The molecule has 2 aromatic carbocycles. The van der Waals surface area contributed by atoms with Crippen LogP contribution in [0.5, 0.6) is 0 Å². The Labute approximate surface area is 205 Å². The first kappa shape index (κ1) is 24.7. The van der Waals surface area contributed by atoms with Crippen molar-refractivity contribution < 1.29 is 18.8 Å². The van der Waals surface area contributed by atoms with Gasteiger partial charge in [-0.05, 0) is 36.1 Å². The van der Waals surface area contributed by atoms with Crippen LogP contribution in [0, 0.1) is 18.7 Å². The van der Waals surface area contributed by atoms with Crippen LogP contribution in [0.3, 0.4) is 0 Å². The Kier molecular flexibility index (Phi) is 7.07. The van der Waals surface area contributed by atoms with Crippen LogP contribution in [0.4, 0.5) is 9.18 Å². The van der Waals surface area contributed by atoms with Gasteiger partial charge in [0.25, 0.3) is 0 Å². The molecule has 0 unspecified atom stereocenters. The first-order chi connectivity index (χ1) is 16.7. The van der Waals surface area contributed by atoms with Crippen molar-refractivity contribution in [1.29, 1.82) is 0 Å². The van der Waals surface area contributed by atoms with E-state index in [1.807, 2.05) is 45.0 Å². The molecule has 0 radical (unpaired) electrons. The highest BCUT2D eigenvalue weighted by Crippen LogP contribution is 2.30. The molecule has 35 heavy (non-hydrogen) atoms. The molecule has 2 atom stereocenters. The molecule has 0 spiro atoms. The number of hydrogen-bond acceptors (Lipinski definition) is 4. The van der Waals surface area contributed by atoms with Crippen LogP contribution in [-0.4, -0.2) is 70.0 Å². The monoisotopic (exact) mass is 481 g/mol. The number of carbonyl (C=O) groups is 3. The molecule has 2 aliphatic heterocycles. The number of aryl methyl sites for hydroxylation is 1. The van der Waals surface area contributed by atoms with Crippen molar-refractivity contribution in [3.8, 4) is 0 Å². The fraction of sp³-hybridized carbons (Fsp3) is 0.423. The van der Waals surface area contributed by atoms with Gasteiger partial charge in [-0.1, -0.05) is 55.8 Å². The number of nitrogens with one attached hydrogen (secondary N) is 1. The zero-order chi connectivity index (χ0) is 25.3. The minimum absolute atomic E-state index is 0.00503. The number of fused-ring (bicyclic) bond motifs is 1. The number of benzene rings is 2. The molecule has 9 heteroatoms. The van der Waals surface area contributed by atoms with Crippen molar-refractivity contribution in [3.05, 3.63) is 71.0 Å². The van der Waals surface area contributed by atoms with Crippen LogP contribution in [0.15, 0.2) is 48.5 Å². The van der Waals surface area contributed by atoms with Crippen molar-refractivity contribution in [2.45, 2.75) is 46.1 Å². The Balaban J connectivity index is 1.59. The number of hydrazine groups is 1. The summed E-state index contributed by atoms with van der Waals surface area (Å²) in [5.74, 6) is -0.754.